The van der Waals surface area contributed by atoms with Crippen molar-refractivity contribution in [3.05, 3.63) is 0 Å². The van der Waals surface area contributed by atoms with Crippen LogP contribution >= 0.6 is 0 Å². The third-order valence-corrected chi connectivity index (χ3v) is 4.73. The van der Waals surface area contributed by atoms with Gasteiger partial charge in [-0.3, -0.25) is 0 Å². The molecule has 0 amide bonds. The van der Waals surface area contributed by atoms with Gasteiger partial charge >= 0.3 is 0 Å². The molecule has 3 N–H and O–H groups in total. The third-order valence-electron chi connectivity index (χ3n) is 4.73. The van der Waals surface area contributed by atoms with Crippen molar-refractivity contribution in [3.63, 3.8) is 0 Å². The minimum absolute atomic E-state index is 0.0384. The van der Waals surface area contributed by atoms with E-state index in [1.807, 2.05) is 0 Å². The Balaban J connectivity index is 2.17. The second-order valence-electron chi connectivity index (χ2n) is 5.71. The minimum Gasteiger partial charge on any atom is -0.389 e. The van der Waals surface area contributed by atoms with Gasteiger partial charge in [0.05, 0.1) is 11.7 Å². The van der Waals surface area contributed by atoms with Crippen molar-refractivity contribution >= 4 is 0 Å². The molecule has 1 saturated heterocycles. The first-order valence-corrected chi connectivity index (χ1v) is 6.66. The molecule has 2 atom stereocenters. The lowest BCUT2D eigenvalue weighted by Crippen LogP contribution is -2.57. The summed E-state index contributed by atoms with van der Waals surface area (Å²) in [6.45, 7) is 3.35. The van der Waals surface area contributed by atoms with E-state index in [4.69, 9.17) is 10.5 Å². The molecule has 1 heterocycles. The molecular formula is C13H25NO2. The fourth-order valence-corrected chi connectivity index (χ4v) is 3.64. The van der Waals surface area contributed by atoms with E-state index in [1.54, 1.807) is 0 Å². The van der Waals surface area contributed by atoms with E-state index in [2.05, 4.69) is 6.92 Å². The molecule has 3 heteroatoms. The molecule has 1 aliphatic heterocycles. The highest BCUT2D eigenvalue weighted by Crippen LogP contribution is 2.49. The summed E-state index contributed by atoms with van der Waals surface area (Å²) in [5.41, 5.74) is 5.38. The molecule has 2 aliphatic rings. The minimum atomic E-state index is -0.583. The molecule has 2 unspecified atom stereocenters. The predicted molar refractivity (Wildman–Crippen MR) is 64.2 cm³/mol. The highest BCUT2D eigenvalue weighted by molar-refractivity contribution is 5.03. The van der Waals surface area contributed by atoms with Crippen LogP contribution in [0.3, 0.4) is 0 Å². The van der Waals surface area contributed by atoms with Crippen LogP contribution in [0.5, 0.6) is 0 Å². The second-order valence-corrected chi connectivity index (χ2v) is 5.71. The smallest absolute Gasteiger partial charge is 0.0762 e. The summed E-state index contributed by atoms with van der Waals surface area (Å²) in [6, 6.07) is 0. The fraction of sp³-hybridized carbons (Fsp3) is 1.00. The van der Waals surface area contributed by atoms with Gasteiger partial charge in [0, 0.05) is 31.4 Å². The number of aliphatic hydroxyl groups is 1. The average molecular weight is 227 g/mol. The Kier molecular flexibility index (Phi) is 3.57. The van der Waals surface area contributed by atoms with Crippen molar-refractivity contribution in [1.82, 2.24) is 0 Å². The number of ether oxygens (including phenoxy) is 1. The lowest BCUT2D eigenvalue weighted by atomic mass is 9.60. The van der Waals surface area contributed by atoms with Gasteiger partial charge in [-0.25, -0.2) is 0 Å². The standard InChI is InChI=1S/C13H25NO2/c1-11-9-13(15,7-8-16-11)12(10-14)5-3-2-4-6-12/h11,15H,2-10,14H2,1H3. The number of hydrogen-bond acceptors (Lipinski definition) is 3. The molecular weight excluding hydrogens is 202 g/mol. The summed E-state index contributed by atoms with van der Waals surface area (Å²) in [7, 11) is 0. The Morgan fingerprint density at radius 3 is 2.50 bits per heavy atom. The van der Waals surface area contributed by atoms with Crippen LogP contribution < -0.4 is 5.73 Å². The number of nitrogens with two attached hydrogens (primary N) is 1. The molecule has 94 valence electrons. The zero-order valence-electron chi connectivity index (χ0n) is 10.4. The van der Waals surface area contributed by atoms with Crippen LogP contribution in [0.25, 0.3) is 0 Å². The van der Waals surface area contributed by atoms with Crippen molar-refractivity contribution in [2.45, 2.75) is 63.6 Å². The van der Waals surface area contributed by atoms with Crippen molar-refractivity contribution in [2.75, 3.05) is 13.2 Å². The molecule has 2 fully saturated rings. The number of hydrogen-bond donors (Lipinski definition) is 2. The molecule has 0 aromatic heterocycles. The zero-order valence-corrected chi connectivity index (χ0v) is 10.4. The van der Waals surface area contributed by atoms with Crippen LogP contribution in [-0.2, 0) is 4.74 Å². The van der Waals surface area contributed by atoms with E-state index in [0.717, 1.165) is 25.7 Å². The normalized spacial score (nSPS) is 39.6. The van der Waals surface area contributed by atoms with E-state index in [0.29, 0.717) is 13.2 Å². The average Bonchev–Trinajstić information content (AvgIpc) is 2.29. The van der Waals surface area contributed by atoms with Gasteiger partial charge in [-0.05, 0) is 19.8 Å². The van der Waals surface area contributed by atoms with Crippen LogP contribution in [0.2, 0.25) is 0 Å². The lowest BCUT2D eigenvalue weighted by molar-refractivity contribution is -0.172. The molecule has 3 nitrogen and oxygen atoms in total. The van der Waals surface area contributed by atoms with Crippen molar-refractivity contribution in [3.8, 4) is 0 Å². The highest BCUT2D eigenvalue weighted by Gasteiger charge is 2.51. The topological polar surface area (TPSA) is 55.5 Å². The fourth-order valence-electron chi connectivity index (χ4n) is 3.64. The first kappa shape index (κ1) is 12.3. The van der Waals surface area contributed by atoms with Crippen LogP contribution in [-0.4, -0.2) is 30.0 Å². The second kappa shape index (κ2) is 4.63. The lowest BCUT2D eigenvalue weighted by Gasteiger charge is -2.52. The summed E-state index contributed by atoms with van der Waals surface area (Å²) in [5, 5.41) is 11.0. The molecule has 1 aliphatic carbocycles. The molecule has 0 aromatic rings. The summed E-state index contributed by atoms with van der Waals surface area (Å²) < 4.78 is 5.55. The molecule has 0 bridgehead atoms. The van der Waals surface area contributed by atoms with Crippen molar-refractivity contribution in [2.24, 2.45) is 11.1 Å². The van der Waals surface area contributed by atoms with E-state index >= 15 is 0 Å². The van der Waals surface area contributed by atoms with E-state index in [1.165, 1.54) is 19.3 Å². The van der Waals surface area contributed by atoms with Gasteiger partial charge in [0.2, 0.25) is 0 Å². The highest BCUT2D eigenvalue weighted by atomic mass is 16.5. The van der Waals surface area contributed by atoms with E-state index in [-0.39, 0.29) is 11.5 Å². The molecule has 1 saturated carbocycles. The van der Waals surface area contributed by atoms with E-state index in [9.17, 15) is 5.11 Å². The van der Waals surface area contributed by atoms with Gasteiger partial charge in [0.25, 0.3) is 0 Å². The maximum absolute atomic E-state index is 11.0. The van der Waals surface area contributed by atoms with Crippen LogP contribution in [0.4, 0.5) is 0 Å². The third kappa shape index (κ3) is 2.01. The van der Waals surface area contributed by atoms with Crippen molar-refractivity contribution in [1.29, 1.82) is 0 Å². The number of rotatable bonds is 2. The summed E-state index contributed by atoms with van der Waals surface area (Å²) >= 11 is 0. The van der Waals surface area contributed by atoms with Gasteiger partial charge in [-0.2, -0.15) is 0 Å². The maximum atomic E-state index is 11.0. The Morgan fingerprint density at radius 1 is 1.25 bits per heavy atom. The van der Waals surface area contributed by atoms with Gasteiger partial charge in [-0.15, -0.1) is 0 Å². The molecule has 16 heavy (non-hydrogen) atoms. The van der Waals surface area contributed by atoms with Crippen LogP contribution in [0, 0.1) is 5.41 Å². The van der Waals surface area contributed by atoms with Gasteiger partial charge in [0.15, 0.2) is 0 Å². The largest absolute Gasteiger partial charge is 0.389 e. The van der Waals surface area contributed by atoms with Gasteiger partial charge in [0.1, 0.15) is 0 Å². The van der Waals surface area contributed by atoms with E-state index < -0.39 is 5.60 Å². The first-order valence-electron chi connectivity index (χ1n) is 6.66. The Hall–Kier alpha value is -0.120. The van der Waals surface area contributed by atoms with Crippen LogP contribution in [0.15, 0.2) is 0 Å². The SMILES string of the molecule is CC1CC(O)(C2(CN)CCCCC2)CCO1. The molecule has 0 radical (unpaired) electrons. The predicted octanol–water partition coefficient (Wildman–Crippen LogP) is 1.83. The summed E-state index contributed by atoms with van der Waals surface area (Å²) in [4.78, 5) is 0. The monoisotopic (exact) mass is 227 g/mol. The quantitative estimate of drug-likeness (QED) is 0.756. The molecule has 0 spiro atoms. The summed E-state index contributed by atoms with van der Waals surface area (Å²) in [6.07, 6.45) is 7.59. The van der Waals surface area contributed by atoms with Crippen LogP contribution in [0.1, 0.15) is 51.9 Å². The Bertz CT molecular complexity index is 238. The summed E-state index contributed by atoms with van der Waals surface area (Å²) in [5.74, 6) is 0. The van der Waals surface area contributed by atoms with Crippen molar-refractivity contribution < 1.29 is 9.84 Å². The van der Waals surface area contributed by atoms with Gasteiger partial charge < -0.3 is 15.6 Å². The Labute approximate surface area is 98.4 Å². The van der Waals surface area contributed by atoms with Gasteiger partial charge in [-0.1, -0.05) is 19.3 Å². The maximum Gasteiger partial charge on any atom is 0.0762 e. The molecule has 2 rings (SSSR count). The Morgan fingerprint density at radius 2 is 1.94 bits per heavy atom. The first-order chi connectivity index (χ1) is 7.62. The molecule has 0 aromatic carbocycles. The zero-order chi connectivity index (χ0) is 11.6.